The summed E-state index contributed by atoms with van der Waals surface area (Å²) in [5.41, 5.74) is 0.657. The molecule has 1 heterocycles. The van der Waals surface area contributed by atoms with E-state index in [9.17, 15) is 4.79 Å². The van der Waals surface area contributed by atoms with Gasteiger partial charge in [-0.1, -0.05) is 6.92 Å². The second-order valence-electron chi connectivity index (χ2n) is 4.51. The maximum atomic E-state index is 12.1. The number of hydrogen-bond acceptors (Lipinski definition) is 4. The van der Waals surface area contributed by atoms with Gasteiger partial charge in [-0.2, -0.15) is 11.8 Å². The molecule has 5 heteroatoms. The highest BCUT2D eigenvalue weighted by Gasteiger charge is 2.10. The second-order valence-corrected chi connectivity index (χ2v) is 5.50. The highest BCUT2D eigenvalue weighted by molar-refractivity contribution is 7.98. The summed E-state index contributed by atoms with van der Waals surface area (Å²) in [5, 5.41) is 6.19. The third-order valence-electron chi connectivity index (χ3n) is 2.71. The number of aromatic nitrogens is 1. The van der Waals surface area contributed by atoms with Gasteiger partial charge in [0.05, 0.1) is 0 Å². The number of rotatable bonds is 8. The summed E-state index contributed by atoms with van der Waals surface area (Å²) in [6.07, 6.45) is 5.76. The first-order chi connectivity index (χ1) is 9.17. The van der Waals surface area contributed by atoms with Crippen LogP contribution < -0.4 is 10.6 Å². The molecule has 0 spiro atoms. The van der Waals surface area contributed by atoms with Gasteiger partial charge >= 0.3 is 0 Å². The van der Waals surface area contributed by atoms with Crippen molar-refractivity contribution in [1.29, 1.82) is 0 Å². The lowest BCUT2D eigenvalue weighted by Crippen LogP contribution is -2.33. The predicted molar refractivity (Wildman–Crippen MR) is 82.9 cm³/mol. The fourth-order valence-electron chi connectivity index (χ4n) is 1.60. The highest BCUT2D eigenvalue weighted by atomic mass is 32.2. The van der Waals surface area contributed by atoms with E-state index < -0.39 is 0 Å². The predicted octanol–water partition coefficient (Wildman–Crippen LogP) is 2.77. The molecule has 0 bridgehead atoms. The molecule has 0 radical (unpaired) electrons. The van der Waals surface area contributed by atoms with Gasteiger partial charge in [-0.25, -0.2) is 4.98 Å². The lowest BCUT2D eigenvalue weighted by atomic mass is 10.2. The molecule has 0 aliphatic rings. The smallest absolute Gasteiger partial charge is 0.251 e. The van der Waals surface area contributed by atoms with E-state index >= 15 is 0 Å². The van der Waals surface area contributed by atoms with Crippen LogP contribution in [0.4, 0.5) is 5.82 Å². The van der Waals surface area contributed by atoms with Crippen LogP contribution in [-0.2, 0) is 0 Å². The van der Waals surface area contributed by atoms with Gasteiger partial charge in [0.2, 0.25) is 0 Å². The Morgan fingerprint density at radius 3 is 3.00 bits per heavy atom. The van der Waals surface area contributed by atoms with Gasteiger partial charge in [0.25, 0.3) is 5.91 Å². The van der Waals surface area contributed by atoms with E-state index in [4.69, 9.17) is 0 Å². The van der Waals surface area contributed by atoms with Gasteiger partial charge in [0, 0.05) is 24.3 Å². The standard InChI is InChI=1S/C14H23N3OS/c1-4-7-15-13-10-12(5-8-16-13)14(18)17-11(2)6-9-19-3/h5,8,10-11H,4,6-7,9H2,1-3H3,(H,15,16)(H,17,18). The minimum atomic E-state index is -0.0319. The fourth-order valence-corrected chi connectivity index (χ4v) is 2.18. The van der Waals surface area contributed by atoms with Crippen molar-refractivity contribution < 1.29 is 4.79 Å². The van der Waals surface area contributed by atoms with Gasteiger partial charge in [-0.15, -0.1) is 0 Å². The quantitative estimate of drug-likeness (QED) is 0.769. The maximum absolute atomic E-state index is 12.1. The Balaban J connectivity index is 2.56. The number of nitrogens with one attached hydrogen (secondary N) is 2. The molecule has 0 aromatic carbocycles. The molecule has 0 aliphatic carbocycles. The van der Waals surface area contributed by atoms with Crippen LogP contribution in [0, 0.1) is 0 Å². The number of nitrogens with zero attached hydrogens (tertiary/aromatic N) is 1. The molecule has 19 heavy (non-hydrogen) atoms. The van der Waals surface area contributed by atoms with E-state index in [1.807, 2.05) is 6.92 Å². The second kappa shape index (κ2) is 8.80. The molecular formula is C14H23N3OS. The summed E-state index contributed by atoms with van der Waals surface area (Å²) in [4.78, 5) is 16.3. The molecule has 1 aromatic heterocycles. The average molecular weight is 281 g/mol. The fraction of sp³-hybridized carbons (Fsp3) is 0.571. The molecule has 1 rings (SSSR count). The van der Waals surface area contributed by atoms with Crippen molar-refractivity contribution in [3.8, 4) is 0 Å². The van der Waals surface area contributed by atoms with Crippen LogP contribution in [0.5, 0.6) is 0 Å². The molecule has 0 saturated carbocycles. The molecule has 106 valence electrons. The Kier molecular flexibility index (Phi) is 7.33. The van der Waals surface area contributed by atoms with Crippen molar-refractivity contribution in [2.75, 3.05) is 23.9 Å². The molecule has 0 saturated heterocycles. The summed E-state index contributed by atoms with van der Waals surface area (Å²) in [6.45, 7) is 4.99. The van der Waals surface area contributed by atoms with Crippen LogP contribution >= 0.6 is 11.8 Å². The first-order valence-corrected chi connectivity index (χ1v) is 8.06. The molecule has 1 aromatic rings. The Morgan fingerprint density at radius 2 is 2.32 bits per heavy atom. The van der Waals surface area contributed by atoms with Gasteiger partial charge in [-0.05, 0) is 43.9 Å². The summed E-state index contributed by atoms with van der Waals surface area (Å²) in [5.74, 6) is 1.78. The van der Waals surface area contributed by atoms with Crippen LogP contribution in [-0.4, -0.2) is 35.5 Å². The van der Waals surface area contributed by atoms with Crippen molar-refractivity contribution in [3.05, 3.63) is 23.9 Å². The van der Waals surface area contributed by atoms with Crippen LogP contribution in [0.25, 0.3) is 0 Å². The zero-order valence-corrected chi connectivity index (χ0v) is 12.7. The molecular weight excluding hydrogens is 258 g/mol. The maximum Gasteiger partial charge on any atom is 0.251 e. The monoisotopic (exact) mass is 281 g/mol. The lowest BCUT2D eigenvalue weighted by Gasteiger charge is -2.13. The van der Waals surface area contributed by atoms with E-state index in [-0.39, 0.29) is 11.9 Å². The molecule has 4 nitrogen and oxygen atoms in total. The van der Waals surface area contributed by atoms with E-state index in [0.717, 1.165) is 31.0 Å². The van der Waals surface area contributed by atoms with Crippen LogP contribution in [0.3, 0.4) is 0 Å². The summed E-state index contributed by atoms with van der Waals surface area (Å²) >= 11 is 1.79. The van der Waals surface area contributed by atoms with E-state index in [0.29, 0.717) is 5.56 Å². The van der Waals surface area contributed by atoms with Crippen molar-refractivity contribution in [2.45, 2.75) is 32.7 Å². The lowest BCUT2D eigenvalue weighted by molar-refractivity contribution is 0.0939. The topological polar surface area (TPSA) is 54.0 Å². The number of carbonyl (C=O) groups is 1. The minimum Gasteiger partial charge on any atom is -0.370 e. The van der Waals surface area contributed by atoms with Crippen molar-refractivity contribution in [1.82, 2.24) is 10.3 Å². The molecule has 1 atom stereocenters. The Hall–Kier alpha value is -1.23. The first-order valence-electron chi connectivity index (χ1n) is 6.67. The molecule has 0 fully saturated rings. The molecule has 0 aliphatic heterocycles. The number of anilines is 1. The third-order valence-corrected chi connectivity index (χ3v) is 3.35. The van der Waals surface area contributed by atoms with E-state index in [1.165, 1.54) is 0 Å². The molecule has 1 amide bonds. The normalized spacial score (nSPS) is 11.9. The Bertz CT molecular complexity index is 398. The third kappa shape index (κ3) is 5.96. The summed E-state index contributed by atoms with van der Waals surface area (Å²) < 4.78 is 0. The number of carbonyl (C=O) groups excluding carboxylic acids is 1. The number of hydrogen-bond donors (Lipinski definition) is 2. The molecule has 1 unspecified atom stereocenters. The Morgan fingerprint density at radius 1 is 1.53 bits per heavy atom. The zero-order chi connectivity index (χ0) is 14.1. The highest BCUT2D eigenvalue weighted by Crippen LogP contribution is 2.08. The van der Waals surface area contributed by atoms with Crippen molar-refractivity contribution in [2.24, 2.45) is 0 Å². The largest absolute Gasteiger partial charge is 0.370 e. The van der Waals surface area contributed by atoms with Gasteiger partial charge in [0.1, 0.15) is 5.82 Å². The van der Waals surface area contributed by atoms with Crippen LogP contribution in [0.1, 0.15) is 37.0 Å². The van der Waals surface area contributed by atoms with Gasteiger partial charge in [-0.3, -0.25) is 4.79 Å². The molecule has 2 N–H and O–H groups in total. The minimum absolute atomic E-state index is 0.0319. The van der Waals surface area contributed by atoms with Gasteiger partial charge < -0.3 is 10.6 Å². The van der Waals surface area contributed by atoms with Crippen LogP contribution in [0.15, 0.2) is 18.3 Å². The SMILES string of the molecule is CCCNc1cc(C(=O)NC(C)CCSC)ccn1. The summed E-state index contributed by atoms with van der Waals surface area (Å²) in [7, 11) is 0. The first kappa shape index (κ1) is 15.8. The Labute approximate surface area is 119 Å². The van der Waals surface area contributed by atoms with Crippen molar-refractivity contribution >= 4 is 23.5 Å². The van der Waals surface area contributed by atoms with Crippen LogP contribution in [0.2, 0.25) is 0 Å². The number of thioether (sulfide) groups is 1. The summed E-state index contributed by atoms with van der Waals surface area (Å²) in [6, 6.07) is 3.74. The number of pyridine rings is 1. The van der Waals surface area contributed by atoms with Gasteiger partial charge in [0.15, 0.2) is 0 Å². The van der Waals surface area contributed by atoms with E-state index in [1.54, 1.807) is 30.1 Å². The zero-order valence-electron chi connectivity index (χ0n) is 11.9. The van der Waals surface area contributed by atoms with E-state index in [2.05, 4.69) is 28.8 Å². The average Bonchev–Trinajstić information content (AvgIpc) is 2.43. The van der Waals surface area contributed by atoms with Crippen molar-refractivity contribution in [3.63, 3.8) is 0 Å². The number of amides is 1.